The molecule has 77 heavy (non-hydrogen) atoms. The third-order valence-corrected chi connectivity index (χ3v) is 16.3. The van der Waals surface area contributed by atoms with Crippen molar-refractivity contribution in [2.24, 2.45) is 11.8 Å². The largest absolute Gasteiger partial charge is 2.00 e. The molecule has 456 valence electrons. The van der Waals surface area contributed by atoms with E-state index in [1.165, 1.54) is 308 Å². The average molecular weight is 1160 g/mol. The predicted octanol–water partition coefficient (Wildman–Crippen LogP) is 22.0. The Morgan fingerprint density at radius 2 is 0.455 bits per heavy atom. The molecule has 0 amide bonds. The van der Waals surface area contributed by atoms with E-state index in [1.807, 2.05) is 0 Å². The number of unbranched alkanes of at least 4 members (excludes halogenated alkanes) is 48. The Balaban J connectivity index is -0.00000140. The number of hydrogen-bond acceptors (Lipinski definition) is 8. The molecule has 0 aliphatic rings. The first-order valence-electron chi connectivity index (χ1n) is 33.5. The molecule has 0 fully saturated rings. The fourth-order valence-electron chi connectivity index (χ4n) is 10.4. The summed E-state index contributed by atoms with van der Waals surface area (Å²) in [6.45, 7) is 9.04. The summed E-state index contributed by atoms with van der Waals surface area (Å²) in [5.41, 5.74) is 0. The zero-order chi connectivity index (χ0) is 56.0. The van der Waals surface area contributed by atoms with E-state index in [1.54, 1.807) is 0 Å². The molecule has 0 spiro atoms. The zero-order valence-corrected chi connectivity index (χ0v) is 55.7. The van der Waals surface area contributed by atoms with E-state index in [0.717, 1.165) is 38.5 Å². The quantitative estimate of drug-likeness (QED) is 0.0193. The first-order valence-corrected chi connectivity index (χ1v) is 36.2. The van der Waals surface area contributed by atoms with E-state index < -0.39 is 20.8 Å². The summed E-state index contributed by atoms with van der Waals surface area (Å²) < 4.78 is 74.7. The predicted molar refractivity (Wildman–Crippen MR) is 334 cm³/mol. The topological polar surface area (TPSA) is 133 Å². The van der Waals surface area contributed by atoms with Gasteiger partial charge in [-0.3, -0.25) is 8.37 Å². The molecule has 0 aliphatic heterocycles. The van der Waals surface area contributed by atoms with Crippen LogP contribution in [-0.2, 0) is 29.2 Å². The monoisotopic (exact) mass is 1150 g/mol. The van der Waals surface area contributed by atoms with Gasteiger partial charge in [0.25, 0.3) is 0 Å². The number of hydrogen-bond donors (Lipinski definition) is 0. The summed E-state index contributed by atoms with van der Waals surface area (Å²) in [7, 11) is -9.24. The van der Waals surface area contributed by atoms with Gasteiger partial charge < -0.3 is 9.11 Å². The second-order valence-corrected chi connectivity index (χ2v) is 25.3. The van der Waals surface area contributed by atoms with Gasteiger partial charge in [-0.1, -0.05) is 360 Å². The second-order valence-electron chi connectivity index (χ2n) is 23.2. The van der Waals surface area contributed by atoms with Crippen molar-refractivity contribution in [3.8, 4) is 0 Å². The van der Waals surface area contributed by atoms with Gasteiger partial charge in [0.1, 0.15) is 0 Å². The van der Waals surface area contributed by atoms with Crippen LogP contribution in [0, 0.1) is 11.8 Å². The van der Waals surface area contributed by atoms with E-state index in [4.69, 9.17) is 0 Å². The van der Waals surface area contributed by atoms with Gasteiger partial charge in [0.15, 0.2) is 0 Å². The van der Waals surface area contributed by atoms with Gasteiger partial charge in [0, 0.05) is 11.8 Å². The summed E-state index contributed by atoms with van der Waals surface area (Å²) >= 11 is 0. The number of allylic oxidation sites excluding steroid dienone is 2. The maximum atomic E-state index is 10.9. The van der Waals surface area contributed by atoms with Crippen LogP contribution in [0.25, 0.3) is 0 Å². The van der Waals surface area contributed by atoms with E-state index in [-0.39, 0.29) is 62.8 Å². The second kappa shape index (κ2) is 67.3. The van der Waals surface area contributed by atoms with Gasteiger partial charge in [-0.15, -0.1) is 0 Å². The van der Waals surface area contributed by atoms with Crippen molar-refractivity contribution in [1.29, 1.82) is 0 Å². The third kappa shape index (κ3) is 76.5. The first-order chi connectivity index (χ1) is 37.0. The van der Waals surface area contributed by atoms with Crippen LogP contribution in [-0.4, -0.2) is 76.9 Å². The molecule has 0 saturated carbocycles. The fourth-order valence-corrected chi connectivity index (χ4v) is 11.1. The van der Waals surface area contributed by atoms with E-state index >= 15 is 0 Å². The van der Waals surface area contributed by atoms with Crippen LogP contribution in [0.4, 0.5) is 0 Å². The molecule has 0 aromatic carbocycles. The SMILES string of the molecule is CCCCCCCCCCCC/C=C/C(CCCCCCCCCCCCCCCCC)COS(=O)(=O)[O-].CCCCCCCCCCCC/C=C/C(CCCCCCCCCCCCCCCCC)COS(=O)(=O)[O-].[Ca+2]. The number of rotatable bonds is 62. The molecular formula is C66H130CaO8S2. The molecule has 8 nitrogen and oxygen atoms in total. The van der Waals surface area contributed by atoms with Crippen LogP contribution in [0.3, 0.4) is 0 Å². The van der Waals surface area contributed by atoms with Crippen molar-refractivity contribution < 1.29 is 34.3 Å². The minimum Gasteiger partial charge on any atom is -0.726 e. The molecule has 0 saturated heterocycles. The molecule has 0 aromatic rings. The Hall–Kier alpha value is 0.480. The molecular weight excluding hydrogens is 1020 g/mol. The molecule has 2 atom stereocenters. The molecule has 0 aromatic heterocycles. The average Bonchev–Trinajstić information content (AvgIpc) is 3.39. The van der Waals surface area contributed by atoms with Crippen molar-refractivity contribution in [2.45, 2.75) is 374 Å². The Bertz CT molecular complexity index is 1290. The van der Waals surface area contributed by atoms with Gasteiger partial charge in [-0.05, 0) is 38.5 Å². The van der Waals surface area contributed by atoms with Crippen molar-refractivity contribution in [1.82, 2.24) is 0 Å². The summed E-state index contributed by atoms with van der Waals surface area (Å²) in [5.74, 6) is 0.0348. The van der Waals surface area contributed by atoms with Gasteiger partial charge in [0.05, 0.1) is 13.2 Å². The fraction of sp³-hybridized carbons (Fsp3) is 0.939. The molecule has 11 heteroatoms. The Morgan fingerprint density at radius 1 is 0.286 bits per heavy atom. The minimum absolute atomic E-state index is 0. The van der Waals surface area contributed by atoms with E-state index in [9.17, 15) is 25.9 Å². The van der Waals surface area contributed by atoms with Gasteiger partial charge in [0.2, 0.25) is 20.8 Å². The molecule has 0 bridgehead atoms. The Labute approximate surface area is 512 Å². The van der Waals surface area contributed by atoms with Crippen LogP contribution >= 0.6 is 0 Å². The minimum atomic E-state index is -4.62. The van der Waals surface area contributed by atoms with Crippen LogP contribution < -0.4 is 0 Å². The zero-order valence-electron chi connectivity index (χ0n) is 51.9. The maximum absolute atomic E-state index is 10.9. The van der Waals surface area contributed by atoms with Crippen LogP contribution in [0.15, 0.2) is 24.3 Å². The van der Waals surface area contributed by atoms with Gasteiger partial charge in [-0.2, -0.15) is 0 Å². The molecule has 0 aliphatic carbocycles. The molecule has 2 unspecified atom stereocenters. The molecule has 0 rings (SSSR count). The summed E-state index contributed by atoms with van der Waals surface area (Å²) in [5, 5.41) is 0. The standard InChI is InChI=1S/2C33H66O4S.Ca/c2*1-3-5-7-9-11-13-15-17-18-19-21-23-25-27-29-31-33(32-37-38(34,35)36)30-28-26-24-22-20-16-14-12-10-8-6-4-2;/h2*28,30,33H,3-27,29,31-32H2,1-2H3,(H,34,35,36);/q;;+2/p-2/b2*30-28+;. The van der Waals surface area contributed by atoms with Crippen molar-refractivity contribution in [2.75, 3.05) is 13.2 Å². The first kappa shape index (κ1) is 81.7. The normalized spacial score (nSPS) is 12.9. The molecule has 0 heterocycles. The summed E-state index contributed by atoms with van der Waals surface area (Å²) in [6.07, 6.45) is 79.0. The summed E-state index contributed by atoms with van der Waals surface area (Å²) in [6, 6.07) is 0. The van der Waals surface area contributed by atoms with Gasteiger partial charge in [-0.25, -0.2) is 16.8 Å². The van der Waals surface area contributed by atoms with E-state index in [0.29, 0.717) is 0 Å². The maximum Gasteiger partial charge on any atom is 2.00 e. The smallest absolute Gasteiger partial charge is 0.726 e. The van der Waals surface area contributed by atoms with Crippen molar-refractivity contribution in [3.63, 3.8) is 0 Å². The molecule has 0 radical (unpaired) electrons. The molecule has 0 N–H and O–H groups in total. The Morgan fingerprint density at radius 3 is 0.636 bits per heavy atom. The summed E-state index contributed by atoms with van der Waals surface area (Å²) in [4.78, 5) is 0. The van der Waals surface area contributed by atoms with Crippen LogP contribution in [0.1, 0.15) is 374 Å². The Kier molecular flexibility index (Phi) is 71.4. The van der Waals surface area contributed by atoms with Crippen LogP contribution in [0.2, 0.25) is 0 Å². The van der Waals surface area contributed by atoms with Crippen LogP contribution in [0.5, 0.6) is 0 Å². The third-order valence-electron chi connectivity index (χ3n) is 15.5. The van der Waals surface area contributed by atoms with Crippen molar-refractivity contribution in [3.05, 3.63) is 24.3 Å². The van der Waals surface area contributed by atoms with Crippen molar-refractivity contribution >= 4 is 58.5 Å². The van der Waals surface area contributed by atoms with Gasteiger partial charge >= 0.3 is 37.7 Å². The van der Waals surface area contributed by atoms with E-state index in [2.05, 4.69) is 60.4 Å².